The van der Waals surface area contributed by atoms with Crippen LogP contribution in [0.25, 0.3) is 10.2 Å². The van der Waals surface area contributed by atoms with Crippen molar-refractivity contribution in [3.8, 4) is 0 Å². The van der Waals surface area contributed by atoms with Gasteiger partial charge in [-0.05, 0) is 44.8 Å². The van der Waals surface area contributed by atoms with Crippen LogP contribution >= 0.6 is 35.3 Å². The first kappa shape index (κ1) is 20.6. The van der Waals surface area contributed by atoms with Gasteiger partial charge >= 0.3 is 0 Å². The summed E-state index contributed by atoms with van der Waals surface area (Å²) in [6, 6.07) is 5.54. The molecule has 0 atom stereocenters. The quantitative estimate of drug-likeness (QED) is 0.640. The first-order chi connectivity index (χ1) is 11.9. The largest absolute Gasteiger partial charge is 0.308 e. The highest BCUT2D eigenvalue weighted by atomic mass is 35.5. The van der Waals surface area contributed by atoms with Crippen LogP contribution in [0.2, 0.25) is 5.02 Å². The number of carbonyl (C=O) groups excluding carboxylic acids is 1. The van der Waals surface area contributed by atoms with Gasteiger partial charge in [0.15, 0.2) is 5.13 Å². The molecule has 1 aromatic carbocycles. The van der Waals surface area contributed by atoms with Crippen LogP contribution in [0.4, 0.5) is 5.13 Å². The summed E-state index contributed by atoms with van der Waals surface area (Å²) in [5.41, 5.74) is 2.31. The van der Waals surface area contributed by atoms with Crippen molar-refractivity contribution in [2.45, 2.75) is 6.92 Å². The highest BCUT2D eigenvalue weighted by Crippen LogP contribution is 2.34. The van der Waals surface area contributed by atoms with Gasteiger partial charge in [-0.3, -0.25) is 14.4 Å². The van der Waals surface area contributed by atoms with Crippen LogP contribution in [0.1, 0.15) is 16.1 Å². The number of aromatic nitrogens is 3. The van der Waals surface area contributed by atoms with E-state index >= 15 is 0 Å². The second-order valence-electron chi connectivity index (χ2n) is 6.12. The normalized spacial score (nSPS) is 11.0. The van der Waals surface area contributed by atoms with Crippen molar-refractivity contribution in [2.24, 2.45) is 7.05 Å². The first-order valence-electron chi connectivity index (χ1n) is 7.88. The number of thiazole rings is 1. The SMILES string of the molecule is Cc1c(Cl)ccc2sc(N(CCN(C)C)C(=O)c3ccnn3C)nc12.Cl. The standard InChI is InChI=1S/C17H20ClN5OS.ClH/c1-11-12(18)5-6-14-15(11)20-17(25-14)23(10-9-21(2)3)16(24)13-7-8-19-22(13)4;/h5-8H,9-10H2,1-4H3;1H. The fourth-order valence-corrected chi connectivity index (χ4v) is 3.71. The van der Waals surface area contributed by atoms with Gasteiger partial charge in [-0.15, -0.1) is 12.4 Å². The molecule has 140 valence electrons. The number of benzene rings is 1. The van der Waals surface area contributed by atoms with Crippen molar-refractivity contribution in [3.05, 3.63) is 40.7 Å². The van der Waals surface area contributed by atoms with Crippen LogP contribution in [-0.2, 0) is 7.05 Å². The van der Waals surface area contributed by atoms with E-state index in [1.807, 2.05) is 38.1 Å². The Labute approximate surface area is 167 Å². The Kier molecular flexibility index (Phi) is 6.63. The van der Waals surface area contributed by atoms with Crippen LogP contribution in [0.3, 0.4) is 0 Å². The minimum atomic E-state index is -0.107. The van der Waals surface area contributed by atoms with Gasteiger partial charge in [-0.25, -0.2) is 4.98 Å². The minimum absolute atomic E-state index is 0. The Bertz CT molecular complexity index is 921. The Morgan fingerprint density at radius 1 is 1.27 bits per heavy atom. The summed E-state index contributed by atoms with van der Waals surface area (Å²) in [7, 11) is 5.73. The third-order valence-corrected chi connectivity index (χ3v) is 5.48. The number of amides is 1. The molecule has 0 aliphatic heterocycles. The van der Waals surface area contributed by atoms with Gasteiger partial charge in [0.1, 0.15) is 5.69 Å². The van der Waals surface area contributed by atoms with E-state index in [0.717, 1.165) is 22.3 Å². The molecule has 26 heavy (non-hydrogen) atoms. The van der Waals surface area contributed by atoms with E-state index < -0.39 is 0 Å². The lowest BCUT2D eigenvalue weighted by molar-refractivity contribution is 0.0976. The lowest BCUT2D eigenvalue weighted by atomic mass is 10.2. The smallest absolute Gasteiger partial charge is 0.278 e. The van der Waals surface area contributed by atoms with Crippen molar-refractivity contribution in [1.82, 2.24) is 19.7 Å². The number of anilines is 1. The fraction of sp³-hybridized carbons (Fsp3) is 0.353. The fourth-order valence-electron chi connectivity index (χ4n) is 2.51. The zero-order valence-electron chi connectivity index (χ0n) is 15.1. The number of hydrogen-bond donors (Lipinski definition) is 0. The van der Waals surface area contributed by atoms with Crippen molar-refractivity contribution in [2.75, 3.05) is 32.1 Å². The Morgan fingerprint density at radius 3 is 2.62 bits per heavy atom. The summed E-state index contributed by atoms with van der Waals surface area (Å²) >= 11 is 7.71. The van der Waals surface area contributed by atoms with Gasteiger partial charge < -0.3 is 4.90 Å². The molecule has 9 heteroatoms. The molecule has 3 aromatic rings. The number of aryl methyl sites for hydroxylation is 2. The Balaban J connectivity index is 0.00000243. The molecule has 0 bridgehead atoms. The van der Waals surface area contributed by atoms with E-state index in [0.29, 0.717) is 22.4 Å². The minimum Gasteiger partial charge on any atom is -0.308 e. The molecule has 2 aromatic heterocycles. The van der Waals surface area contributed by atoms with Gasteiger partial charge in [-0.2, -0.15) is 5.10 Å². The van der Waals surface area contributed by atoms with Crippen LogP contribution in [0.15, 0.2) is 24.4 Å². The van der Waals surface area contributed by atoms with Gasteiger partial charge in [0.05, 0.1) is 10.2 Å². The predicted molar refractivity (Wildman–Crippen MR) is 110 cm³/mol. The molecule has 0 unspecified atom stereocenters. The highest BCUT2D eigenvalue weighted by Gasteiger charge is 2.24. The molecule has 0 saturated heterocycles. The molecule has 0 saturated carbocycles. The number of rotatable bonds is 5. The second-order valence-corrected chi connectivity index (χ2v) is 7.53. The van der Waals surface area contributed by atoms with Crippen molar-refractivity contribution >= 4 is 56.6 Å². The van der Waals surface area contributed by atoms with E-state index in [1.54, 1.807) is 28.9 Å². The third-order valence-electron chi connectivity index (χ3n) is 4.02. The molecule has 0 aliphatic carbocycles. The molecule has 0 aliphatic rings. The molecular weight excluding hydrogens is 393 g/mol. The van der Waals surface area contributed by atoms with Crippen LogP contribution in [-0.4, -0.2) is 52.8 Å². The molecule has 0 fully saturated rings. The van der Waals surface area contributed by atoms with Gasteiger partial charge in [0.2, 0.25) is 0 Å². The van der Waals surface area contributed by atoms with E-state index in [9.17, 15) is 4.79 Å². The number of nitrogens with zero attached hydrogens (tertiary/aromatic N) is 5. The number of likely N-dealkylation sites (N-methyl/N-ethyl adjacent to an activating group) is 1. The maximum Gasteiger partial charge on any atom is 0.278 e. The average molecular weight is 414 g/mol. The second kappa shape index (κ2) is 8.35. The van der Waals surface area contributed by atoms with Crippen molar-refractivity contribution < 1.29 is 4.79 Å². The molecule has 0 spiro atoms. The number of carbonyl (C=O) groups is 1. The van der Waals surface area contributed by atoms with Crippen LogP contribution in [0, 0.1) is 6.92 Å². The molecule has 0 radical (unpaired) electrons. The van der Waals surface area contributed by atoms with Crippen molar-refractivity contribution in [1.29, 1.82) is 0 Å². The number of fused-ring (bicyclic) bond motifs is 1. The topological polar surface area (TPSA) is 54.3 Å². The molecule has 6 nitrogen and oxygen atoms in total. The van der Waals surface area contributed by atoms with E-state index in [1.165, 1.54) is 11.3 Å². The first-order valence-corrected chi connectivity index (χ1v) is 9.08. The predicted octanol–water partition coefficient (Wildman–Crippen LogP) is 3.62. The van der Waals surface area contributed by atoms with Gasteiger partial charge in [0.25, 0.3) is 5.91 Å². The van der Waals surface area contributed by atoms with Gasteiger partial charge in [0, 0.05) is 31.4 Å². The maximum atomic E-state index is 13.1. The zero-order chi connectivity index (χ0) is 18.1. The molecule has 0 N–H and O–H groups in total. The average Bonchev–Trinajstić information content (AvgIpc) is 3.17. The monoisotopic (exact) mass is 413 g/mol. The summed E-state index contributed by atoms with van der Waals surface area (Å²) in [6.45, 7) is 3.23. The number of hydrogen-bond acceptors (Lipinski definition) is 5. The lowest BCUT2D eigenvalue weighted by Crippen LogP contribution is -2.37. The van der Waals surface area contributed by atoms with Crippen LogP contribution in [0.5, 0.6) is 0 Å². The lowest BCUT2D eigenvalue weighted by Gasteiger charge is -2.21. The number of halogens is 2. The summed E-state index contributed by atoms with van der Waals surface area (Å²) in [4.78, 5) is 21.5. The summed E-state index contributed by atoms with van der Waals surface area (Å²) in [5, 5.41) is 5.46. The molecule has 3 rings (SSSR count). The summed E-state index contributed by atoms with van der Waals surface area (Å²) in [6.07, 6.45) is 1.62. The highest BCUT2D eigenvalue weighted by molar-refractivity contribution is 7.22. The van der Waals surface area contributed by atoms with E-state index in [4.69, 9.17) is 16.6 Å². The molecule has 2 heterocycles. The Hall–Kier alpha value is -1.67. The molecule has 1 amide bonds. The van der Waals surface area contributed by atoms with Gasteiger partial charge in [-0.1, -0.05) is 22.9 Å². The van der Waals surface area contributed by atoms with Crippen LogP contribution < -0.4 is 4.90 Å². The maximum absolute atomic E-state index is 13.1. The third kappa shape index (κ3) is 4.01. The van der Waals surface area contributed by atoms with E-state index in [2.05, 4.69) is 5.10 Å². The Morgan fingerprint density at radius 2 is 2.00 bits per heavy atom. The van der Waals surface area contributed by atoms with E-state index in [-0.39, 0.29) is 18.3 Å². The summed E-state index contributed by atoms with van der Waals surface area (Å²) in [5.74, 6) is -0.107. The summed E-state index contributed by atoms with van der Waals surface area (Å²) < 4.78 is 2.60. The molecular formula is C17H21Cl2N5OS. The van der Waals surface area contributed by atoms with Crippen molar-refractivity contribution in [3.63, 3.8) is 0 Å². The zero-order valence-corrected chi connectivity index (χ0v) is 17.5.